The Morgan fingerprint density at radius 1 is 0.926 bits per heavy atom. The lowest BCUT2D eigenvalue weighted by molar-refractivity contribution is 0.355. The smallest absolute Gasteiger partial charge is 0.125 e. The summed E-state index contributed by atoms with van der Waals surface area (Å²) < 4.78 is 27.5. The molecule has 2 nitrogen and oxygen atoms in total. The summed E-state index contributed by atoms with van der Waals surface area (Å²) in [5.41, 5.74) is 3.31. The molecule has 27 heavy (non-hydrogen) atoms. The van der Waals surface area contributed by atoms with Gasteiger partial charge in [0.05, 0.1) is 0 Å². The monoisotopic (exact) mass is 370 g/mol. The van der Waals surface area contributed by atoms with E-state index >= 15 is 0 Å². The first-order chi connectivity index (χ1) is 13.2. The molecule has 1 N–H and O–H groups in total. The standard InChI is InChI=1S/C23H28F2N2/c24-19-5-3-18(4-6-19)21-2-1-14-27(15-11-17-9-12-26-13-10-17)23-16-20(25)7-8-22(21)23/h3-8,16-17,21,26H,1-2,9-15H2. The molecule has 2 heterocycles. The van der Waals surface area contributed by atoms with Gasteiger partial charge in [-0.2, -0.15) is 0 Å². The summed E-state index contributed by atoms with van der Waals surface area (Å²) in [5, 5.41) is 3.42. The third-order valence-corrected chi connectivity index (χ3v) is 6.17. The first-order valence-electron chi connectivity index (χ1n) is 10.2. The minimum atomic E-state index is -0.213. The first-order valence-corrected chi connectivity index (χ1v) is 10.2. The summed E-state index contributed by atoms with van der Waals surface area (Å²) >= 11 is 0. The number of benzene rings is 2. The molecule has 2 aliphatic rings. The lowest BCUT2D eigenvalue weighted by Gasteiger charge is -2.29. The second-order valence-corrected chi connectivity index (χ2v) is 7.92. The van der Waals surface area contributed by atoms with Gasteiger partial charge in [0, 0.05) is 24.7 Å². The highest BCUT2D eigenvalue weighted by molar-refractivity contribution is 5.58. The Hall–Kier alpha value is -1.94. The van der Waals surface area contributed by atoms with Gasteiger partial charge in [0.25, 0.3) is 0 Å². The molecule has 0 radical (unpaired) electrons. The summed E-state index contributed by atoms with van der Waals surface area (Å²) in [7, 11) is 0. The molecule has 0 bridgehead atoms. The van der Waals surface area contributed by atoms with Crippen LogP contribution >= 0.6 is 0 Å². The number of halogens is 2. The van der Waals surface area contributed by atoms with Crippen molar-refractivity contribution in [3.8, 4) is 0 Å². The Kier molecular flexibility index (Phi) is 5.72. The zero-order valence-corrected chi connectivity index (χ0v) is 15.8. The van der Waals surface area contributed by atoms with Crippen LogP contribution in [0.3, 0.4) is 0 Å². The van der Waals surface area contributed by atoms with Gasteiger partial charge in [-0.3, -0.25) is 0 Å². The molecule has 4 heteroatoms. The average Bonchev–Trinajstić information content (AvgIpc) is 2.87. The van der Waals surface area contributed by atoms with Crippen molar-refractivity contribution >= 4 is 5.69 Å². The van der Waals surface area contributed by atoms with Crippen molar-refractivity contribution in [2.45, 2.75) is 38.0 Å². The lowest BCUT2D eigenvalue weighted by atomic mass is 9.87. The molecule has 0 aromatic heterocycles. The summed E-state index contributed by atoms with van der Waals surface area (Å²) in [6.07, 6.45) is 5.71. The van der Waals surface area contributed by atoms with Crippen molar-refractivity contribution in [3.05, 3.63) is 65.2 Å². The highest BCUT2D eigenvalue weighted by atomic mass is 19.1. The maximum Gasteiger partial charge on any atom is 0.125 e. The molecule has 0 saturated carbocycles. The maximum absolute atomic E-state index is 14.1. The van der Waals surface area contributed by atoms with E-state index in [1.807, 2.05) is 18.2 Å². The Balaban J connectivity index is 1.59. The van der Waals surface area contributed by atoms with Crippen molar-refractivity contribution in [3.63, 3.8) is 0 Å². The van der Waals surface area contributed by atoms with Crippen LogP contribution in [0.1, 0.15) is 49.1 Å². The highest BCUT2D eigenvalue weighted by Gasteiger charge is 2.25. The number of nitrogens with one attached hydrogen (secondary N) is 1. The fourth-order valence-corrected chi connectivity index (χ4v) is 4.63. The van der Waals surface area contributed by atoms with Gasteiger partial charge < -0.3 is 10.2 Å². The Morgan fingerprint density at radius 3 is 2.44 bits per heavy atom. The molecular weight excluding hydrogens is 342 g/mol. The van der Waals surface area contributed by atoms with Gasteiger partial charge in [0.15, 0.2) is 0 Å². The van der Waals surface area contributed by atoms with E-state index < -0.39 is 0 Å². The second kappa shape index (κ2) is 8.39. The average molecular weight is 370 g/mol. The summed E-state index contributed by atoms with van der Waals surface area (Å²) in [6, 6.07) is 12.0. The van der Waals surface area contributed by atoms with E-state index in [1.54, 1.807) is 12.1 Å². The van der Waals surface area contributed by atoms with E-state index in [-0.39, 0.29) is 17.6 Å². The largest absolute Gasteiger partial charge is 0.371 e. The quantitative estimate of drug-likeness (QED) is 0.807. The molecule has 1 fully saturated rings. The normalized spacial score (nSPS) is 21.0. The minimum Gasteiger partial charge on any atom is -0.371 e. The number of piperidine rings is 1. The van der Waals surface area contributed by atoms with Gasteiger partial charge in [0.2, 0.25) is 0 Å². The van der Waals surface area contributed by atoms with Crippen molar-refractivity contribution < 1.29 is 8.78 Å². The van der Waals surface area contributed by atoms with E-state index in [0.29, 0.717) is 0 Å². The second-order valence-electron chi connectivity index (χ2n) is 7.92. The molecule has 0 spiro atoms. The third-order valence-electron chi connectivity index (χ3n) is 6.17. The summed E-state index contributed by atoms with van der Waals surface area (Å²) in [4.78, 5) is 2.38. The minimum absolute atomic E-state index is 0.180. The number of hydrogen-bond acceptors (Lipinski definition) is 2. The van der Waals surface area contributed by atoms with Crippen LogP contribution in [0.25, 0.3) is 0 Å². The fraction of sp³-hybridized carbons (Fsp3) is 0.478. The van der Waals surface area contributed by atoms with Crippen LogP contribution in [-0.2, 0) is 0 Å². The van der Waals surface area contributed by atoms with Crippen LogP contribution in [0.2, 0.25) is 0 Å². The Bertz CT molecular complexity index is 753. The van der Waals surface area contributed by atoms with Gasteiger partial charge in [-0.05, 0) is 86.5 Å². The Morgan fingerprint density at radius 2 is 1.67 bits per heavy atom. The number of anilines is 1. The van der Waals surface area contributed by atoms with Gasteiger partial charge in [0.1, 0.15) is 11.6 Å². The SMILES string of the molecule is Fc1ccc(C2CCCN(CCC3CCNCC3)c3cc(F)ccc32)cc1. The predicted octanol–water partition coefficient (Wildman–Crippen LogP) is 5.09. The van der Waals surface area contributed by atoms with Gasteiger partial charge in [-0.1, -0.05) is 18.2 Å². The molecule has 2 aromatic carbocycles. The molecule has 2 aliphatic heterocycles. The lowest BCUT2D eigenvalue weighted by Crippen LogP contribution is -2.32. The van der Waals surface area contributed by atoms with Crippen molar-refractivity contribution in [2.75, 3.05) is 31.1 Å². The van der Waals surface area contributed by atoms with Gasteiger partial charge in [-0.15, -0.1) is 0 Å². The van der Waals surface area contributed by atoms with Gasteiger partial charge >= 0.3 is 0 Å². The van der Waals surface area contributed by atoms with E-state index in [1.165, 1.54) is 37.0 Å². The van der Waals surface area contributed by atoms with E-state index in [2.05, 4.69) is 10.2 Å². The van der Waals surface area contributed by atoms with E-state index in [9.17, 15) is 8.78 Å². The molecule has 4 rings (SSSR count). The van der Waals surface area contributed by atoms with Crippen molar-refractivity contribution in [2.24, 2.45) is 5.92 Å². The zero-order valence-electron chi connectivity index (χ0n) is 15.8. The fourth-order valence-electron chi connectivity index (χ4n) is 4.63. The molecule has 144 valence electrons. The molecule has 1 saturated heterocycles. The Labute approximate surface area is 160 Å². The molecular formula is C23H28F2N2. The number of fused-ring (bicyclic) bond motifs is 1. The number of rotatable bonds is 4. The molecule has 0 amide bonds. The highest BCUT2D eigenvalue weighted by Crippen LogP contribution is 2.39. The van der Waals surface area contributed by atoms with Crippen LogP contribution in [0.15, 0.2) is 42.5 Å². The van der Waals surface area contributed by atoms with Crippen LogP contribution in [-0.4, -0.2) is 26.2 Å². The topological polar surface area (TPSA) is 15.3 Å². The molecule has 1 atom stereocenters. The summed E-state index contributed by atoms with van der Waals surface area (Å²) in [5.74, 6) is 0.570. The first kappa shape index (κ1) is 18.4. The van der Waals surface area contributed by atoms with Crippen LogP contribution < -0.4 is 10.2 Å². The van der Waals surface area contributed by atoms with E-state index in [4.69, 9.17) is 0 Å². The predicted molar refractivity (Wildman–Crippen MR) is 106 cm³/mol. The number of hydrogen-bond donors (Lipinski definition) is 1. The van der Waals surface area contributed by atoms with Crippen molar-refractivity contribution in [1.29, 1.82) is 0 Å². The van der Waals surface area contributed by atoms with Crippen LogP contribution in [0.5, 0.6) is 0 Å². The number of nitrogens with zero attached hydrogens (tertiary/aromatic N) is 1. The maximum atomic E-state index is 14.1. The third kappa shape index (κ3) is 4.32. The molecule has 2 aromatic rings. The van der Waals surface area contributed by atoms with Crippen molar-refractivity contribution in [1.82, 2.24) is 5.32 Å². The zero-order chi connectivity index (χ0) is 18.6. The van der Waals surface area contributed by atoms with Gasteiger partial charge in [-0.25, -0.2) is 8.78 Å². The van der Waals surface area contributed by atoms with E-state index in [0.717, 1.165) is 56.2 Å². The van der Waals surface area contributed by atoms with Crippen LogP contribution in [0, 0.1) is 17.6 Å². The molecule has 1 unspecified atom stereocenters. The van der Waals surface area contributed by atoms with Crippen LogP contribution in [0.4, 0.5) is 14.5 Å². The summed E-state index contributed by atoms with van der Waals surface area (Å²) in [6.45, 7) is 4.17. The molecule has 0 aliphatic carbocycles.